The van der Waals surface area contributed by atoms with Crippen LogP contribution in [0.15, 0.2) is 11.1 Å². The fourth-order valence-corrected chi connectivity index (χ4v) is 2.88. The SMILES string of the molecule is CCC(C)C(C)NS(=O)(=O)c1cn[nH]c1C. The molecule has 0 amide bonds. The molecule has 0 radical (unpaired) electrons. The first kappa shape index (κ1) is 13.2. The molecule has 0 aliphatic carbocycles. The number of hydrogen-bond acceptors (Lipinski definition) is 3. The predicted octanol–water partition coefficient (Wildman–Crippen LogP) is 1.43. The summed E-state index contributed by atoms with van der Waals surface area (Å²) in [6.45, 7) is 7.63. The fourth-order valence-electron chi connectivity index (χ4n) is 1.39. The Hall–Kier alpha value is -0.880. The first-order valence-corrected chi connectivity index (χ1v) is 6.89. The average Bonchev–Trinajstić information content (AvgIpc) is 2.63. The van der Waals surface area contributed by atoms with Crippen LogP contribution in [0.5, 0.6) is 0 Å². The molecule has 6 heteroatoms. The molecule has 0 saturated carbocycles. The van der Waals surface area contributed by atoms with Gasteiger partial charge in [-0.05, 0) is 19.8 Å². The van der Waals surface area contributed by atoms with Crippen LogP contribution in [0.2, 0.25) is 0 Å². The highest BCUT2D eigenvalue weighted by molar-refractivity contribution is 7.89. The molecule has 0 spiro atoms. The third-order valence-corrected chi connectivity index (χ3v) is 4.58. The second kappa shape index (κ2) is 4.97. The molecule has 0 aromatic carbocycles. The van der Waals surface area contributed by atoms with Crippen LogP contribution >= 0.6 is 0 Å². The van der Waals surface area contributed by atoms with Gasteiger partial charge in [0.15, 0.2) is 0 Å². The molecule has 2 unspecified atom stereocenters. The van der Waals surface area contributed by atoms with Gasteiger partial charge < -0.3 is 0 Å². The van der Waals surface area contributed by atoms with Crippen LogP contribution in [-0.2, 0) is 10.0 Å². The molecular weight excluding hydrogens is 226 g/mol. The van der Waals surface area contributed by atoms with Crippen molar-refractivity contribution >= 4 is 10.0 Å². The summed E-state index contributed by atoms with van der Waals surface area (Å²) in [7, 11) is -3.45. The lowest BCUT2D eigenvalue weighted by atomic mass is 10.0. The second-order valence-corrected chi connectivity index (χ2v) is 5.84. The minimum absolute atomic E-state index is 0.0794. The summed E-state index contributed by atoms with van der Waals surface area (Å²) in [6.07, 6.45) is 2.27. The molecule has 1 heterocycles. The van der Waals surface area contributed by atoms with E-state index in [-0.39, 0.29) is 10.9 Å². The van der Waals surface area contributed by atoms with Gasteiger partial charge in [-0.3, -0.25) is 5.10 Å². The number of H-pyrrole nitrogens is 1. The Morgan fingerprint density at radius 3 is 2.56 bits per heavy atom. The van der Waals surface area contributed by atoms with E-state index in [9.17, 15) is 8.42 Å². The molecule has 2 N–H and O–H groups in total. The number of hydrogen-bond donors (Lipinski definition) is 2. The van der Waals surface area contributed by atoms with Crippen molar-refractivity contribution in [3.63, 3.8) is 0 Å². The van der Waals surface area contributed by atoms with Crippen molar-refractivity contribution in [3.05, 3.63) is 11.9 Å². The smallest absolute Gasteiger partial charge is 0.244 e. The first-order valence-electron chi connectivity index (χ1n) is 5.40. The van der Waals surface area contributed by atoms with Crippen LogP contribution in [0.3, 0.4) is 0 Å². The van der Waals surface area contributed by atoms with Gasteiger partial charge in [-0.1, -0.05) is 20.3 Å². The van der Waals surface area contributed by atoms with Crippen molar-refractivity contribution in [2.45, 2.75) is 45.1 Å². The highest BCUT2D eigenvalue weighted by atomic mass is 32.2. The van der Waals surface area contributed by atoms with Crippen LogP contribution in [0.25, 0.3) is 0 Å². The molecule has 0 aliphatic heterocycles. The van der Waals surface area contributed by atoms with Crippen LogP contribution < -0.4 is 4.72 Å². The molecule has 0 fully saturated rings. The van der Waals surface area contributed by atoms with Crippen molar-refractivity contribution < 1.29 is 8.42 Å². The quantitative estimate of drug-likeness (QED) is 0.824. The van der Waals surface area contributed by atoms with E-state index in [2.05, 4.69) is 14.9 Å². The monoisotopic (exact) mass is 245 g/mol. The van der Waals surface area contributed by atoms with Crippen LogP contribution in [-0.4, -0.2) is 24.7 Å². The van der Waals surface area contributed by atoms with E-state index in [4.69, 9.17) is 0 Å². The summed E-state index contributed by atoms with van der Waals surface area (Å²) in [5, 5.41) is 6.34. The normalized spacial score (nSPS) is 16.0. The third kappa shape index (κ3) is 2.82. The van der Waals surface area contributed by atoms with Crippen molar-refractivity contribution in [3.8, 4) is 0 Å². The van der Waals surface area contributed by atoms with Gasteiger partial charge in [-0.25, -0.2) is 13.1 Å². The van der Waals surface area contributed by atoms with Gasteiger partial charge in [0.1, 0.15) is 4.90 Å². The van der Waals surface area contributed by atoms with Gasteiger partial charge in [-0.2, -0.15) is 5.10 Å². The lowest BCUT2D eigenvalue weighted by Crippen LogP contribution is -2.36. The number of nitrogens with one attached hydrogen (secondary N) is 2. The number of nitrogens with zero attached hydrogens (tertiary/aromatic N) is 1. The molecular formula is C10H19N3O2S. The molecule has 1 aromatic rings. The summed E-state index contributed by atoms with van der Waals surface area (Å²) in [5.41, 5.74) is 0.559. The van der Waals surface area contributed by atoms with E-state index < -0.39 is 10.0 Å². The number of sulfonamides is 1. The maximum absolute atomic E-state index is 12.0. The third-order valence-electron chi connectivity index (χ3n) is 2.91. The summed E-state index contributed by atoms with van der Waals surface area (Å²) >= 11 is 0. The lowest BCUT2D eigenvalue weighted by Gasteiger charge is -2.19. The molecule has 16 heavy (non-hydrogen) atoms. The van der Waals surface area contributed by atoms with Crippen LogP contribution in [0, 0.1) is 12.8 Å². The minimum atomic E-state index is -3.45. The maximum Gasteiger partial charge on any atom is 0.244 e. The van der Waals surface area contributed by atoms with Gasteiger partial charge in [0.25, 0.3) is 0 Å². The first-order chi connectivity index (χ1) is 7.38. The Morgan fingerprint density at radius 2 is 2.12 bits per heavy atom. The highest BCUT2D eigenvalue weighted by Crippen LogP contribution is 2.14. The summed E-state index contributed by atoms with van der Waals surface area (Å²) in [6, 6.07) is -0.0794. The van der Waals surface area contributed by atoms with Gasteiger partial charge in [0, 0.05) is 6.04 Å². The topological polar surface area (TPSA) is 74.8 Å². The molecule has 5 nitrogen and oxygen atoms in total. The zero-order valence-electron chi connectivity index (χ0n) is 10.1. The van der Waals surface area contributed by atoms with Crippen LogP contribution in [0.4, 0.5) is 0 Å². The Balaban J connectivity index is 2.85. The van der Waals surface area contributed by atoms with Crippen molar-refractivity contribution in [2.75, 3.05) is 0 Å². The summed E-state index contributed by atoms with van der Waals surface area (Å²) in [5.74, 6) is 0.307. The predicted molar refractivity (Wildman–Crippen MR) is 62.6 cm³/mol. The lowest BCUT2D eigenvalue weighted by molar-refractivity contribution is 0.434. The van der Waals surface area contributed by atoms with Crippen molar-refractivity contribution in [1.82, 2.24) is 14.9 Å². The van der Waals surface area contributed by atoms with Crippen molar-refractivity contribution in [2.24, 2.45) is 5.92 Å². The number of aromatic amines is 1. The van der Waals surface area contributed by atoms with Gasteiger partial charge in [0.2, 0.25) is 10.0 Å². The van der Waals surface area contributed by atoms with E-state index in [1.165, 1.54) is 6.20 Å². The van der Waals surface area contributed by atoms with E-state index in [0.29, 0.717) is 11.6 Å². The number of aryl methyl sites for hydroxylation is 1. The number of rotatable bonds is 5. The molecule has 1 rings (SSSR count). The van der Waals surface area contributed by atoms with E-state index >= 15 is 0 Å². The van der Waals surface area contributed by atoms with Crippen molar-refractivity contribution in [1.29, 1.82) is 0 Å². The zero-order valence-corrected chi connectivity index (χ0v) is 10.9. The van der Waals surface area contributed by atoms with Gasteiger partial charge in [-0.15, -0.1) is 0 Å². The Kier molecular flexibility index (Phi) is 4.09. The average molecular weight is 245 g/mol. The Labute approximate surface area is 96.7 Å². The maximum atomic E-state index is 12.0. The Bertz CT molecular complexity index is 439. The molecule has 1 aromatic heterocycles. The van der Waals surface area contributed by atoms with Gasteiger partial charge >= 0.3 is 0 Å². The second-order valence-electron chi connectivity index (χ2n) is 4.15. The molecule has 0 aliphatic rings. The largest absolute Gasteiger partial charge is 0.281 e. The zero-order chi connectivity index (χ0) is 12.3. The summed E-state index contributed by atoms with van der Waals surface area (Å²) < 4.78 is 26.6. The fraction of sp³-hybridized carbons (Fsp3) is 0.700. The summed E-state index contributed by atoms with van der Waals surface area (Å²) in [4.78, 5) is 0.225. The van der Waals surface area contributed by atoms with E-state index in [0.717, 1.165) is 6.42 Å². The standard InChI is InChI=1S/C10H19N3O2S/c1-5-7(2)8(3)13-16(14,15)10-6-11-12-9(10)4/h6-8,13H,5H2,1-4H3,(H,11,12). The number of aromatic nitrogens is 2. The minimum Gasteiger partial charge on any atom is -0.281 e. The Morgan fingerprint density at radius 1 is 1.50 bits per heavy atom. The van der Waals surface area contributed by atoms with Gasteiger partial charge in [0.05, 0.1) is 11.9 Å². The molecule has 0 bridgehead atoms. The van der Waals surface area contributed by atoms with E-state index in [1.54, 1.807) is 6.92 Å². The molecule has 0 saturated heterocycles. The van der Waals surface area contributed by atoms with E-state index in [1.807, 2.05) is 20.8 Å². The molecule has 92 valence electrons. The highest BCUT2D eigenvalue weighted by Gasteiger charge is 2.22. The molecule has 2 atom stereocenters. The van der Waals surface area contributed by atoms with Crippen LogP contribution in [0.1, 0.15) is 32.9 Å².